The molecule has 0 aliphatic rings. The van der Waals surface area contributed by atoms with Crippen molar-refractivity contribution < 1.29 is 17.6 Å². The van der Waals surface area contributed by atoms with E-state index < -0.39 is 28.9 Å². The van der Waals surface area contributed by atoms with Crippen LogP contribution in [-0.2, 0) is 0 Å². The average Bonchev–Trinajstić information content (AvgIpc) is 1.96. The maximum absolute atomic E-state index is 12.5. The van der Waals surface area contributed by atoms with Crippen LogP contribution in [0.1, 0.15) is 12.0 Å². The first-order valence-corrected chi connectivity index (χ1v) is 3.19. The molecule has 0 saturated heterocycles. The van der Waals surface area contributed by atoms with E-state index in [-0.39, 0.29) is 0 Å². The summed E-state index contributed by atoms with van der Waals surface area (Å²) in [5.74, 6) is -3.27. The van der Waals surface area contributed by atoms with Gasteiger partial charge < -0.3 is 0 Å². The van der Waals surface area contributed by atoms with Gasteiger partial charge in [-0.3, -0.25) is 0 Å². The van der Waals surface area contributed by atoms with Crippen molar-refractivity contribution in [1.82, 2.24) is 4.98 Å². The molecule has 0 radical (unpaired) electrons. The molecule has 66 valence electrons. The third-order valence-electron chi connectivity index (χ3n) is 1.15. The topological polar surface area (TPSA) is 12.9 Å². The minimum Gasteiger partial charge on any atom is -0.205 e. The predicted octanol–water partition coefficient (Wildman–Crippen LogP) is 2.95. The summed E-state index contributed by atoms with van der Waals surface area (Å²) in [4.78, 5) is 2.81. The monoisotopic (exact) mass is 199 g/mol. The molecule has 1 heterocycles. The smallest absolute Gasteiger partial charge is 0.205 e. The van der Waals surface area contributed by atoms with Crippen LogP contribution in [0.25, 0.3) is 0 Å². The number of pyridine rings is 1. The summed E-state index contributed by atoms with van der Waals surface area (Å²) in [7, 11) is 0. The number of alkyl halides is 2. The van der Waals surface area contributed by atoms with Crippen molar-refractivity contribution in [3.63, 3.8) is 0 Å². The Morgan fingerprint density at radius 3 is 2.42 bits per heavy atom. The lowest BCUT2D eigenvalue weighted by atomic mass is 10.2. The quantitative estimate of drug-likeness (QED) is 0.501. The van der Waals surface area contributed by atoms with Gasteiger partial charge in [-0.05, 0) is 6.07 Å². The van der Waals surface area contributed by atoms with Crippen molar-refractivity contribution in [2.24, 2.45) is 0 Å². The van der Waals surface area contributed by atoms with Crippen LogP contribution in [0.15, 0.2) is 6.07 Å². The van der Waals surface area contributed by atoms with E-state index in [1.54, 1.807) is 0 Å². The van der Waals surface area contributed by atoms with E-state index in [0.29, 0.717) is 6.07 Å². The Morgan fingerprint density at radius 2 is 1.92 bits per heavy atom. The number of halogens is 5. The fraction of sp³-hybridized carbons (Fsp3) is 0.167. The average molecular weight is 200 g/mol. The first kappa shape index (κ1) is 9.25. The fourth-order valence-electron chi connectivity index (χ4n) is 0.645. The van der Waals surface area contributed by atoms with E-state index in [4.69, 9.17) is 11.6 Å². The highest BCUT2D eigenvalue weighted by molar-refractivity contribution is 6.29. The number of nitrogens with zero attached hydrogens (tertiary/aromatic N) is 1. The molecule has 0 amide bonds. The van der Waals surface area contributed by atoms with Crippen molar-refractivity contribution in [3.05, 3.63) is 28.5 Å². The highest BCUT2D eigenvalue weighted by atomic mass is 35.5. The van der Waals surface area contributed by atoms with Crippen LogP contribution in [0.5, 0.6) is 0 Å². The molecule has 0 saturated carbocycles. The summed E-state index contributed by atoms with van der Waals surface area (Å²) in [6.45, 7) is 0. The minimum atomic E-state index is -3.10. The summed E-state index contributed by atoms with van der Waals surface area (Å²) in [5.41, 5.74) is -1.08. The predicted molar refractivity (Wildman–Crippen MR) is 34.1 cm³/mol. The first-order valence-electron chi connectivity index (χ1n) is 2.82. The maximum atomic E-state index is 12.5. The Labute approximate surface area is 70.0 Å². The van der Waals surface area contributed by atoms with E-state index in [2.05, 4.69) is 4.98 Å². The van der Waals surface area contributed by atoms with Gasteiger partial charge in [0.05, 0.1) is 5.56 Å². The third-order valence-corrected chi connectivity index (χ3v) is 1.34. The molecule has 0 spiro atoms. The third kappa shape index (κ3) is 1.66. The number of aromatic nitrogens is 1. The number of rotatable bonds is 1. The second kappa shape index (κ2) is 3.26. The van der Waals surface area contributed by atoms with E-state index in [1.807, 2.05) is 0 Å². The van der Waals surface area contributed by atoms with Crippen molar-refractivity contribution in [2.45, 2.75) is 6.43 Å². The molecule has 12 heavy (non-hydrogen) atoms. The van der Waals surface area contributed by atoms with E-state index in [1.165, 1.54) is 0 Å². The highest BCUT2D eigenvalue weighted by Crippen LogP contribution is 2.24. The number of hydrogen-bond acceptors (Lipinski definition) is 1. The highest BCUT2D eigenvalue weighted by Gasteiger charge is 2.18. The Bertz CT molecular complexity index is 302. The zero-order chi connectivity index (χ0) is 9.30. The fourth-order valence-corrected chi connectivity index (χ4v) is 0.836. The van der Waals surface area contributed by atoms with Crippen LogP contribution in [0, 0.1) is 11.8 Å². The van der Waals surface area contributed by atoms with Gasteiger partial charge in [0.25, 0.3) is 12.4 Å². The number of hydrogen-bond donors (Lipinski definition) is 0. The molecule has 1 nitrogen and oxygen atoms in total. The van der Waals surface area contributed by atoms with Gasteiger partial charge in [-0.25, -0.2) is 18.2 Å². The van der Waals surface area contributed by atoms with Crippen LogP contribution in [0.2, 0.25) is 5.15 Å². The molecule has 0 aromatic carbocycles. The molecular formula is C6H2ClF4N. The van der Waals surface area contributed by atoms with Gasteiger partial charge in [0.15, 0.2) is 5.82 Å². The Balaban J connectivity index is 3.28. The standard InChI is InChI=1S/C6H2ClF4N/c7-3-1-2(5(9)10)4(8)6(11)12-3/h1,5H. The summed E-state index contributed by atoms with van der Waals surface area (Å²) >= 11 is 5.12. The summed E-state index contributed by atoms with van der Waals surface area (Å²) in [5, 5.41) is -0.496. The molecule has 0 bridgehead atoms. The summed E-state index contributed by atoms with van der Waals surface area (Å²) < 4.78 is 48.5. The molecule has 0 aliphatic carbocycles. The van der Waals surface area contributed by atoms with Crippen molar-refractivity contribution in [2.75, 3.05) is 0 Å². The molecule has 0 fully saturated rings. The Morgan fingerprint density at radius 1 is 1.33 bits per heavy atom. The van der Waals surface area contributed by atoms with E-state index >= 15 is 0 Å². The SMILES string of the molecule is Fc1nc(Cl)cc(C(F)F)c1F. The Hall–Kier alpha value is -0.840. The molecule has 0 unspecified atom stereocenters. The van der Waals surface area contributed by atoms with Gasteiger partial charge >= 0.3 is 0 Å². The van der Waals surface area contributed by atoms with Gasteiger partial charge in [-0.1, -0.05) is 11.6 Å². The second-order valence-electron chi connectivity index (χ2n) is 1.94. The molecular weight excluding hydrogens is 198 g/mol. The summed E-state index contributed by atoms with van der Waals surface area (Å²) in [6, 6.07) is 0.588. The Kier molecular flexibility index (Phi) is 2.52. The maximum Gasteiger partial charge on any atom is 0.266 e. The van der Waals surface area contributed by atoms with Crippen molar-refractivity contribution in [1.29, 1.82) is 0 Å². The van der Waals surface area contributed by atoms with Gasteiger partial charge in [0, 0.05) is 0 Å². The van der Waals surface area contributed by atoms with Crippen LogP contribution >= 0.6 is 11.6 Å². The molecule has 6 heteroatoms. The summed E-state index contributed by atoms with van der Waals surface area (Å²) in [6.07, 6.45) is -3.10. The second-order valence-corrected chi connectivity index (χ2v) is 2.33. The first-order chi connectivity index (χ1) is 5.52. The van der Waals surface area contributed by atoms with Crippen LogP contribution in [-0.4, -0.2) is 4.98 Å². The van der Waals surface area contributed by atoms with Crippen LogP contribution in [0.4, 0.5) is 17.6 Å². The molecule has 0 atom stereocenters. The van der Waals surface area contributed by atoms with Gasteiger partial charge in [-0.15, -0.1) is 0 Å². The minimum absolute atomic E-state index is 0.496. The van der Waals surface area contributed by atoms with Crippen molar-refractivity contribution >= 4 is 11.6 Å². The van der Waals surface area contributed by atoms with Gasteiger partial charge in [0.2, 0.25) is 0 Å². The molecule has 1 rings (SSSR count). The lowest BCUT2D eigenvalue weighted by Gasteiger charge is -2.01. The van der Waals surface area contributed by atoms with Gasteiger partial charge in [-0.2, -0.15) is 4.39 Å². The zero-order valence-corrected chi connectivity index (χ0v) is 6.25. The zero-order valence-electron chi connectivity index (χ0n) is 5.49. The van der Waals surface area contributed by atoms with Crippen molar-refractivity contribution in [3.8, 4) is 0 Å². The van der Waals surface area contributed by atoms with E-state index in [9.17, 15) is 17.6 Å². The largest absolute Gasteiger partial charge is 0.266 e. The molecule has 0 N–H and O–H groups in total. The van der Waals surface area contributed by atoms with Gasteiger partial charge in [0.1, 0.15) is 5.15 Å². The molecule has 0 aliphatic heterocycles. The lowest BCUT2D eigenvalue weighted by molar-refractivity contribution is 0.144. The van der Waals surface area contributed by atoms with E-state index in [0.717, 1.165) is 0 Å². The normalized spacial score (nSPS) is 10.8. The van der Waals surface area contributed by atoms with Crippen LogP contribution < -0.4 is 0 Å². The lowest BCUT2D eigenvalue weighted by Crippen LogP contribution is -1.98. The molecule has 1 aromatic heterocycles. The molecule has 1 aromatic rings. The van der Waals surface area contributed by atoms with Crippen LogP contribution in [0.3, 0.4) is 0 Å².